The molecule has 4 atom stereocenters. The number of aliphatic hydroxyl groups is 1. The maximum atomic E-state index is 14.3. The molecule has 206 valence electrons. The fourth-order valence-electron chi connectivity index (χ4n) is 6.28. The van der Waals surface area contributed by atoms with Gasteiger partial charge in [-0.05, 0) is 57.7 Å². The van der Waals surface area contributed by atoms with Crippen LogP contribution in [-0.4, -0.2) is 59.5 Å². The lowest BCUT2D eigenvalue weighted by Gasteiger charge is -2.39. The van der Waals surface area contributed by atoms with Crippen LogP contribution in [0.15, 0.2) is 42.7 Å². The number of carbonyl (C=O) groups is 2. The van der Waals surface area contributed by atoms with Gasteiger partial charge in [-0.15, -0.1) is 0 Å². The highest BCUT2D eigenvalue weighted by atomic mass is 19.1. The molecule has 2 saturated heterocycles. The van der Waals surface area contributed by atoms with E-state index in [0.29, 0.717) is 46.6 Å². The van der Waals surface area contributed by atoms with Crippen LogP contribution < -0.4 is 5.73 Å². The predicted octanol–water partition coefficient (Wildman–Crippen LogP) is 4.14. The monoisotopic (exact) mass is 546 g/mol. The van der Waals surface area contributed by atoms with Gasteiger partial charge >= 0.3 is 0 Å². The Bertz CT molecular complexity index is 1640. The van der Waals surface area contributed by atoms with E-state index in [1.54, 1.807) is 29.4 Å². The van der Waals surface area contributed by atoms with Crippen molar-refractivity contribution >= 4 is 23.2 Å². The summed E-state index contributed by atoms with van der Waals surface area (Å²) in [5.74, 6) is -1.78. The highest BCUT2D eigenvalue weighted by Crippen LogP contribution is 2.45. The summed E-state index contributed by atoms with van der Waals surface area (Å²) in [5, 5.41) is 14.3. The molecule has 4 aromatic rings. The van der Waals surface area contributed by atoms with E-state index in [0.717, 1.165) is 18.9 Å². The van der Waals surface area contributed by atoms with Crippen molar-refractivity contribution in [3.05, 3.63) is 65.6 Å². The molecular formula is C29H28F2N6O3. The van der Waals surface area contributed by atoms with Crippen LogP contribution in [0.4, 0.5) is 14.6 Å². The van der Waals surface area contributed by atoms with Gasteiger partial charge in [0.15, 0.2) is 11.4 Å². The van der Waals surface area contributed by atoms with Gasteiger partial charge in [0.25, 0.3) is 5.91 Å². The number of Topliss-reactive ketones (excluding diaryl/α,β-unsaturated/α-hetero) is 1. The second kappa shape index (κ2) is 9.74. The number of hydrogen-bond acceptors (Lipinski definition) is 7. The quantitative estimate of drug-likeness (QED) is 0.360. The first-order valence-corrected chi connectivity index (χ1v) is 13.2. The number of nitrogen functional groups attached to an aromatic ring is 1. The number of rotatable bonds is 5. The summed E-state index contributed by atoms with van der Waals surface area (Å²) in [4.78, 5) is 36.6. The number of benzene rings is 1. The van der Waals surface area contributed by atoms with Crippen LogP contribution in [-0.2, 0) is 4.79 Å². The molecule has 2 bridgehead atoms. The van der Waals surface area contributed by atoms with Gasteiger partial charge in [-0.1, -0.05) is 6.07 Å². The number of hydrogen-bond donors (Lipinski definition) is 2. The Morgan fingerprint density at radius 3 is 2.40 bits per heavy atom. The minimum atomic E-state index is -1.06. The number of pyridine rings is 1. The number of piperidine rings is 1. The van der Waals surface area contributed by atoms with Gasteiger partial charge in [-0.3, -0.25) is 14.6 Å². The molecule has 3 N–H and O–H groups in total. The van der Waals surface area contributed by atoms with E-state index in [1.165, 1.54) is 30.5 Å². The van der Waals surface area contributed by atoms with Gasteiger partial charge in [0.2, 0.25) is 0 Å². The van der Waals surface area contributed by atoms with Crippen LogP contribution >= 0.6 is 0 Å². The molecule has 11 heteroatoms. The number of halogens is 2. The van der Waals surface area contributed by atoms with Gasteiger partial charge in [-0.2, -0.15) is 9.61 Å². The molecule has 0 aliphatic carbocycles. The van der Waals surface area contributed by atoms with Gasteiger partial charge in [0.1, 0.15) is 23.6 Å². The summed E-state index contributed by atoms with van der Waals surface area (Å²) in [5.41, 5.74) is 9.67. The molecule has 2 aliphatic rings. The summed E-state index contributed by atoms with van der Waals surface area (Å²) < 4.78 is 29.0. The molecule has 0 spiro atoms. The number of nitrogens with two attached hydrogens (primary N) is 1. The molecule has 2 fully saturated rings. The lowest BCUT2D eigenvalue weighted by molar-refractivity contribution is -0.144. The van der Waals surface area contributed by atoms with Crippen LogP contribution in [0, 0.1) is 11.6 Å². The summed E-state index contributed by atoms with van der Waals surface area (Å²) >= 11 is 0. The molecule has 0 unspecified atom stereocenters. The Morgan fingerprint density at radius 1 is 1.07 bits per heavy atom. The zero-order valence-corrected chi connectivity index (χ0v) is 22.0. The maximum Gasteiger partial charge on any atom is 0.251 e. The first kappa shape index (κ1) is 26.0. The number of carbonyl (C=O) groups excluding carboxylic acids is 2. The normalized spacial score (nSPS) is 21.1. The molecule has 0 saturated carbocycles. The van der Waals surface area contributed by atoms with Gasteiger partial charge in [-0.25, -0.2) is 13.8 Å². The molecule has 6 rings (SSSR count). The molecule has 5 heterocycles. The highest BCUT2D eigenvalue weighted by molar-refractivity contribution is 6.00. The Morgan fingerprint density at radius 2 is 1.80 bits per heavy atom. The van der Waals surface area contributed by atoms with Crippen molar-refractivity contribution < 1.29 is 23.5 Å². The topological polar surface area (TPSA) is 127 Å². The van der Waals surface area contributed by atoms with Crippen molar-refractivity contribution in [1.82, 2.24) is 24.5 Å². The van der Waals surface area contributed by atoms with Crippen LogP contribution in [0.25, 0.3) is 28.0 Å². The zero-order chi connectivity index (χ0) is 28.3. The number of ketones is 1. The number of aromatic nitrogens is 4. The van der Waals surface area contributed by atoms with E-state index in [-0.39, 0.29) is 41.1 Å². The van der Waals surface area contributed by atoms with Crippen molar-refractivity contribution in [3.8, 4) is 22.4 Å². The summed E-state index contributed by atoms with van der Waals surface area (Å²) in [6, 6.07) is 6.63. The number of fused-ring (bicyclic) bond motifs is 3. The number of aliphatic hydroxyl groups excluding tert-OH is 1. The Hall–Kier alpha value is -4.25. The van der Waals surface area contributed by atoms with Gasteiger partial charge in [0, 0.05) is 47.0 Å². The van der Waals surface area contributed by atoms with Crippen LogP contribution in [0.2, 0.25) is 0 Å². The average molecular weight is 547 g/mol. The summed E-state index contributed by atoms with van der Waals surface area (Å²) in [7, 11) is 0. The second-order valence-corrected chi connectivity index (χ2v) is 10.6. The summed E-state index contributed by atoms with van der Waals surface area (Å²) in [6.45, 7) is 2.93. The third kappa shape index (κ3) is 4.21. The van der Waals surface area contributed by atoms with Crippen molar-refractivity contribution in [1.29, 1.82) is 0 Å². The second-order valence-electron chi connectivity index (χ2n) is 10.6. The molecule has 0 radical (unpaired) electrons. The Balaban J connectivity index is 1.39. The van der Waals surface area contributed by atoms with Gasteiger partial charge < -0.3 is 15.7 Å². The fraction of sp³-hybridized carbons (Fsp3) is 0.345. The fourth-order valence-corrected chi connectivity index (χ4v) is 6.28. The Labute approximate surface area is 228 Å². The van der Waals surface area contributed by atoms with Crippen molar-refractivity contribution in [2.75, 3.05) is 5.73 Å². The van der Waals surface area contributed by atoms with Crippen LogP contribution in [0.3, 0.4) is 0 Å². The molecular weight excluding hydrogens is 518 g/mol. The SMILES string of the molecule is CC(=O)c1c([C@H]2C[C@H]3CC[C@@H](C2)N3C(=O)[C@@H](C)O)nc2c(-c3ccc(-c4ccc(F)cc4F)nc3)cnn2c1N. The highest BCUT2D eigenvalue weighted by Gasteiger charge is 2.45. The van der Waals surface area contributed by atoms with Gasteiger partial charge in [0.05, 0.1) is 23.1 Å². The third-order valence-electron chi connectivity index (χ3n) is 8.08. The maximum absolute atomic E-state index is 14.3. The van der Waals surface area contributed by atoms with E-state index >= 15 is 0 Å². The predicted molar refractivity (Wildman–Crippen MR) is 143 cm³/mol. The molecule has 1 aromatic carbocycles. The van der Waals surface area contributed by atoms with E-state index in [9.17, 15) is 23.5 Å². The zero-order valence-electron chi connectivity index (χ0n) is 22.0. The van der Waals surface area contributed by atoms with Crippen molar-refractivity contribution in [3.63, 3.8) is 0 Å². The lowest BCUT2D eigenvalue weighted by atomic mass is 9.85. The Kier molecular flexibility index (Phi) is 6.33. The largest absolute Gasteiger partial charge is 0.384 e. The lowest BCUT2D eigenvalue weighted by Crippen LogP contribution is -2.49. The average Bonchev–Trinajstić information content (AvgIpc) is 3.46. The van der Waals surface area contributed by atoms with Crippen molar-refractivity contribution in [2.45, 2.75) is 63.6 Å². The first-order chi connectivity index (χ1) is 19.1. The summed E-state index contributed by atoms with van der Waals surface area (Å²) in [6.07, 6.45) is 4.98. The number of nitrogens with zero attached hydrogens (tertiary/aromatic N) is 5. The first-order valence-electron chi connectivity index (χ1n) is 13.2. The van der Waals surface area contributed by atoms with Crippen LogP contribution in [0.1, 0.15) is 61.5 Å². The molecule has 40 heavy (non-hydrogen) atoms. The standard InChI is InChI=1S/C29H28F2N6O3/c1-14(38)25-26(17-9-19-5-6-20(10-17)36(19)29(40)15(2)39)35-28-22(13-34-37(28)27(25)32)16-3-8-24(33-12-16)21-7-4-18(30)11-23(21)31/h3-4,7-8,11-13,15,17,19-20,39H,5-6,9-10,32H2,1-2H3/t15-,17-,19+,20-/m1/s1. The van der Waals surface area contributed by atoms with E-state index in [2.05, 4.69) is 10.1 Å². The smallest absolute Gasteiger partial charge is 0.251 e. The third-order valence-corrected chi connectivity index (χ3v) is 8.08. The van der Waals surface area contributed by atoms with E-state index in [4.69, 9.17) is 10.7 Å². The number of amides is 1. The van der Waals surface area contributed by atoms with Crippen molar-refractivity contribution in [2.24, 2.45) is 0 Å². The van der Waals surface area contributed by atoms with E-state index < -0.39 is 17.7 Å². The molecule has 2 aliphatic heterocycles. The molecule has 3 aromatic heterocycles. The number of anilines is 1. The van der Waals surface area contributed by atoms with E-state index in [1.807, 2.05) is 0 Å². The van der Waals surface area contributed by atoms with Crippen LogP contribution in [0.5, 0.6) is 0 Å². The minimum absolute atomic E-state index is 0.0436. The molecule has 9 nitrogen and oxygen atoms in total. The minimum Gasteiger partial charge on any atom is -0.384 e. The molecule has 1 amide bonds.